The van der Waals surface area contributed by atoms with Gasteiger partial charge in [-0.15, -0.1) is 5.10 Å². The van der Waals surface area contributed by atoms with E-state index >= 15 is 0 Å². The first-order chi connectivity index (χ1) is 15.2. The van der Waals surface area contributed by atoms with Crippen LogP contribution in [0.1, 0.15) is 53.3 Å². The Labute approximate surface area is 186 Å². The third kappa shape index (κ3) is 4.10. The second kappa shape index (κ2) is 8.44. The van der Waals surface area contributed by atoms with Crippen molar-refractivity contribution < 1.29 is 9.53 Å². The zero-order chi connectivity index (χ0) is 21.3. The first-order valence-electron chi connectivity index (χ1n) is 10.8. The molecular formula is C24H25ClN4O2. The molecule has 160 valence electrons. The molecule has 2 heterocycles. The summed E-state index contributed by atoms with van der Waals surface area (Å²) in [6, 6.07) is 17.8. The highest BCUT2D eigenvalue weighted by molar-refractivity contribution is 6.30. The van der Waals surface area contributed by atoms with Crippen LogP contribution in [-0.4, -0.2) is 40.7 Å². The standard InChI is InChI=1S/C24H25ClN4O2/c25-19-10-8-18(9-11-19)24(12-14-31-15-13-24)16-26-23(30)21-22(17-6-7-17)29(28-27-21)20-4-2-1-3-5-20/h1-5,8-11,17H,6-7,12-16H2,(H,26,30). The van der Waals surface area contributed by atoms with Crippen LogP contribution < -0.4 is 5.32 Å². The van der Waals surface area contributed by atoms with Crippen molar-refractivity contribution in [1.82, 2.24) is 20.3 Å². The summed E-state index contributed by atoms with van der Waals surface area (Å²) in [5.41, 5.74) is 3.28. The van der Waals surface area contributed by atoms with Gasteiger partial charge in [0.05, 0.1) is 11.4 Å². The molecule has 0 spiro atoms. The van der Waals surface area contributed by atoms with E-state index in [2.05, 4.69) is 27.8 Å². The van der Waals surface area contributed by atoms with E-state index in [1.807, 2.05) is 47.1 Å². The summed E-state index contributed by atoms with van der Waals surface area (Å²) in [6.07, 6.45) is 3.82. The normalized spacial score (nSPS) is 18.0. The van der Waals surface area contributed by atoms with Crippen molar-refractivity contribution in [2.75, 3.05) is 19.8 Å². The van der Waals surface area contributed by atoms with Gasteiger partial charge in [-0.1, -0.05) is 47.1 Å². The van der Waals surface area contributed by atoms with Gasteiger partial charge in [-0.25, -0.2) is 4.68 Å². The number of amides is 1. The lowest BCUT2D eigenvalue weighted by molar-refractivity contribution is 0.0486. The third-order valence-electron chi connectivity index (χ3n) is 6.38. The number of hydrogen-bond donors (Lipinski definition) is 1. The molecule has 1 saturated heterocycles. The van der Waals surface area contributed by atoms with Crippen LogP contribution >= 0.6 is 11.6 Å². The number of nitrogens with one attached hydrogen (secondary N) is 1. The minimum atomic E-state index is -0.173. The van der Waals surface area contributed by atoms with Gasteiger partial charge in [0, 0.05) is 36.1 Å². The molecule has 31 heavy (non-hydrogen) atoms. The average Bonchev–Trinajstić information content (AvgIpc) is 3.56. The van der Waals surface area contributed by atoms with E-state index in [9.17, 15) is 4.79 Å². The largest absolute Gasteiger partial charge is 0.381 e. The fourth-order valence-electron chi connectivity index (χ4n) is 4.40. The number of halogens is 1. The second-order valence-corrected chi connectivity index (χ2v) is 8.86. The van der Waals surface area contributed by atoms with Crippen molar-refractivity contribution in [3.05, 3.63) is 76.6 Å². The molecule has 0 atom stereocenters. The van der Waals surface area contributed by atoms with Gasteiger partial charge in [0.25, 0.3) is 5.91 Å². The lowest BCUT2D eigenvalue weighted by Crippen LogP contribution is -2.44. The van der Waals surface area contributed by atoms with E-state index in [0.717, 1.165) is 37.1 Å². The van der Waals surface area contributed by atoms with Crippen LogP contribution in [0.25, 0.3) is 5.69 Å². The number of benzene rings is 2. The molecule has 1 saturated carbocycles. The molecule has 1 aliphatic heterocycles. The number of rotatable bonds is 6. The van der Waals surface area contributed by atoms with E-state index in [4.69, 9.17) is 16.3 Å². The minimum Gasteiger partial charge on any atom is -0.381 e. The summed E-state index contributed by atoms with van der Waals surface area (Å²) >= 11 is 6.10. The van der Waals surface area contributed by atoms with Crippen LogP contribution in [-0.2, 0) is 10.2 Å². The molecule has 5 rings (SSSR count). The van der Waals surface area contributed by atoms with E-state index in [-0.39, 0.29) is 11.3 Å². The number of ether oxygens (including phenoxy) is 1. The molecule has 0 bridgehead atoms. The smallest absolute Gasteiger partial charge is 0.273 e. The highest BCUT2D eigenvalue weighted by atomic mass is 35.5. The lowest BCUT2D eigenvalue weighted by Gasteiger charge is -2.38. The zero-order valence-electron chi connectivity index (χ0n) is 17.3. The van der Waals surface area contributed by atoms with Gasteiger partial charge in [-0.05, 0) is 55.5 Å². The van der Waals surface area contributed by atoms with Crippen LogP contribution in [0.2, 0.25) is 5.02 Å². The number of nitrogens with zero attached hydrogens (tertiary/aromatic N) is 3. The van der Waals surface area contributed by atoms with Crippen LogP contribution in [0.15, 0.2) is 54.6 Å². The maximum absolute atomic E-state index is 13.2. The lowest BCUT2D eigenvalue weighted by atomic mass is 9.74. The molecule has 0 unspecified atom stereocenters. The second-order valence-electron chi connectivity index (χ2n) is 8.43. The number of carbonyl (C=O) groups excluding carboxylic acids is 1. The Kier molecular flexibility index (Phi) is 5.50. The zero-order valence-corrected chi connectivity index (χ0v) is 18.0. The molecule has 0 radical (unpaired) electrons. The molecular weight excluding hydrogens is 412 g/mol. The molecule has 6 nitrogen and oxygen atoms in total. The van der Waals surface area contributed by atoms with Crippen LogP contribution in [0.3, 0.4) is 0 Å². The number of para-hydroxylation sites is 1. The topological polar surface area (TPSA) is 69.0 Å². The SMILES string of the molecule is O=C(NCC1(c2ccc(Cl)cc2)CCOCC1)c1nnn(-c2ccccc2)c1C1CC1. The molecule has 1 aliphatic carbocycles. The molecule has 2 aromatic carbocycles. The van der Waals surface area contributed by atoms with Crippen molar-refractivity contribution in [1.29, 1.82) is 0 Å². The Morgan fingerprint density at radius 3 is 2.48 bits per heavy atom. The average molecular weight is 437 g/mol. The predicted molar refractivity (Wildman–Crippen MR) is 119 cm³/mol. The summed E-state index contributed by atoms with van der Waals surface area (Å²) < 4.78 is 7.42. The highest BCUT2D eigenvalue weighted by Gasteiger charge is 2.37. The van der Waals surface area contributed by atoms with E-state index < -0.39 is 0 Å². The van der Waals surface area contributed by atoms with Crippen molar-refractivity contribution in [3.8, 4) is 5.69 Å². The van der Waals surface area contributed by atoms with E-state index in [0.29, 0.717) is 36.4 Å². The summed E-state index contributed by atoms with van der Waals surface area (Å²) in [5, 5.41) is 12.5. The number of hydrogen-bond acceptors (Lipinski definition) is 4. The molecule has 1 N–H and O–H groups in total. The van der Waals surface area contributed by atoms with Gasteiger partial charge in [-0.2, -0.15) is 0 Å². The Morgan fingerprint density at radius 1 is 1.10 bits per heavy atom. The summed E-state index contributed by atoms with van der Waals surface area (Å²) in [6.45, 7) is 1.88. The van der Waals surface area contributed by atoms with Crippen LogP contribution in [0.4, 0.5) is 0 Å². The van der Waals surface area contributed by atoms with Gasteiger partial charge in [0.1, 0.15) is 0 Å². The molecule has 2 fully saturated rings. The Bertz CT molecular complexity index is 1050. The molecule has 3 aromatic rings. The maximum Gasteiger partial charge on any atom is 0.273 e. The Morgan fingerprint density at radius 2 is 1.81 bits per heavy atom. The van der Waals surface area contributed by atoms with Gasteiger partial charge < -0.3 is 10.1 Å². The Hall–Kier alpha value is -2.70. The highest BCUT2D eigenvalue weighted by Crippen LogP contribution is 2.42. The Balaban J connectivity index is 1.40. The van der Waals surface area contributed by atoms with E-state index in [1.54, 1.807) is 0 Å². The first kappa shape index (κ1) is 20.2. The van der Waals surface area contributed by atoms with Crippen LogP contribution in [0, 0.1) is 0 Å². The van der Waals surface area contributed by atoms with Gasteiger partial charge in [-0.3, -0.25) is 4.79 Å². The fraction of sp³-hybridized carbons (Fsp3) is 0.375. The summed E-state index contributed by atoms with van der Waals surface area (Å²) in [4.78, 5) is 13.2. The molecule has 1 amide bonds. The minimum absolute atomic E-state index is 0.163. The van der Waals surface area contributed by atoms with Crippen molar-refractivity contribution in [2.24, 2.45) is 0 Å². The summed E-state index contributed by atoms with van der Waals surface area (Å²) in [5.74, 6) is 0.174. The van der Waals surface area contributed by atoms with Crippen LogP contribution in [0.5, 0.6) is 0 Å². The van der Waals surface area contributed by atoms with Gasteiger partial charge in [0.2, 0.25) is 0 Å². The third-order valence-corrected chi connectivity index (χ3v) is 6.63. The maximum atomic E-state index is 13.2. The monoisotopic (exact) mass is 436 g/mol. The molecule has 7 heteroatoms. The van der Waals surface area contributed by atoms with Gasteiger partial charge >= 0.3 is 0 Å². The van der Waals surface area contributed by atoms with Crippen molar-refractivity contribution >= 4 is 17.5 Å². The van der Waals surface area contributed by atoms with Crippen molar-refractivity contribution in [2.45, 2.75) is 37.0 Å². The van der Waals surface area contributed by atoms with E-state index in [1.165, 1.54) is 5.56 Å². The number of aromatic nitrogens is 3. The molecule has 2 aliphatic rings. The summed E-state index contributed by atoms with van der Waals surface area (Å²) in [7, 11) is 0. The predicted octanol–water partition coefficient (Wildman–Crippen LogP) is 4.28. The molecule has 1 aromatic heterocycles. The van der Waals surface area contributed by atoms with Gasteiger partial charge in [0.15, 0.2) is 5.69 Å². The quantitative estimate of drug-likeness (QED) is 0.626. The number of carbonyl (C=O) groups is 1. The first-order valence-corrected chi connectivity index (χ1v) is 11.2. The fourth-order valence-corrected chi connectivity index (χ4v) is 4.53. The van der Waals surface area contributed by atoms with Crippen molar-refractivity contribution in [3.63, 3.8) is 0 Å².